The zero-order valence-corrected chi connectivity index (χ0v) is 26.6. The second-order valence-corrected chi connectivity index (χ2v) is 10.9. The highest BCUT2D eigenvalue weighted by atomic mass is 16.7. The summed E-state index contributed by atoms with van der Waals surface area (Å²) in [7, 11) is 0. The van der Waals surface area contributed by atoms with Crippen LogP contribution in [-0.2, 0) is 49.3 Å². The molecule has 14 heteroatoms. The van der Waals surface area contributed by atoms with Crippen LogP contribution in [-0.4, -0.2) is 68.0 Å². The molecular formula is C33H34O14. The van der Waals surface area contributed by atoms with E-state index in [0.717, 1.165) is 20.8 Å². The van der Waals surface area contributed by atoms with Crippen LogP contribution in [0, 0.1) is 6.92 Å². The first-order valence-electron chi connectivity index (χ1n) is 14.8. The van der Waals surface area contributed by atoms with Crippen molar-refractivity contribution >= 4 is 34.8 Å². The Labute approximate surface area is 268 Å². The Hall–Kier alpha value is -5.11. The Kier molecular flexibility index (Phi) is 9.70. The summed E-state index contributed by atoms with van der Waals surface area (Å²) in [5, 5.41) is 0.286. The van der Waals surface area contributed by atoms with Crippen molar-refractivity contribution in [3.8, 4) is 28.4 Å². The number of esters is 4. The smallest absolute Gasteiger partial charge is 0.303 e. The van der Waals surface area contributed by atoms with Gasteiger partial charge < -0.3 is 42.3 Å². The predicted molar refractivity (Wildman–Crippen MR) is 161 cm³/mol. The minimum Gasteiger partial charge on any atom is -0.463 e. The highest BCUT2D eigenvalue weighted by molar-refractivity contribution is 5.85. The van der Waals surface area contributed by atoms with Crippen molar-refractivity contribution in [1.82, 2.24) is 0 Å². The maximum atomic E-state index is 13.8. The van der Waals surface area contributed by atoms with Gasteiger partial charge in [-0.25, -0.2) is 0 Å². The molecule has 1 fully saturated rings. The van der Waals surface area contributed by atoms with Crippen molar-refractivity contribution in [3.05, 3.63) is 51.9 Å². The molecule has 0 amide bonds. The molecule has 3 heterocycles. The van der Waals surface area contributed by atoms with Crippen LogP contribution in [0.25, 0.3) is 22.1 Å². The number of carbonyl (C=O) groups is 4. The quantitative estimate of drug-likeness (QED) is 0.242. The third-order valence-electron chi connectivity index (χ3n) is 7.48. The molecule has 14 nitrogen and oxygen atoms in total. The van der Waals surface area contributed by atoms with Crippen molar-refractivity contribution in [2.75, 3.05) is 13.4 Å². The van der Waals surface area contributed by atoms with E-state index in [9.17, 15) is 24.0 Å². The molecule has 0 N–H and O–H groups in total. The monoisotopic (exact) mass is 654 g/mol. The topological polar surface area (TPSA) is 172 Å². The Morgan fingerprint density at radius 1 is 0.830 bits per heavy atom. The fraction of sp³-hybridized carbons (Fsp3) is 0.424. The van der Waals surface area contributed by atoms with Crippen LogP contribution in [0.4, 0.5) is 0 Å². The average molecular weight is 655 g/mol. The second-order valence-electron chi connectivity index (χ2n) is 10.9. The van der Waals surface area contributed by atoms with Gasteiger partial charge in [0.05, 0.1) is 10.9 Å². The molecule has 0 radical (unpaired) electrons. The number of carbonyl (C=O) groups excluding carboxylic acids is 4. The average Bonchev–Trinajstić information content (AvgIpc) is 3.46. The first-order chi connectivity index (χ1) is 22.4. The Morgan fingerprint density at radius 3 is 2.15 bits per heavy atom. The molecule has 2 aliphatic heterocycles. The van der Waals surface area contributed by atoms with E-state index >= 15 is 0 Å². The molecule has 5 atom stereocenters. The third kappa shape index (κ3) is 7.17. The maximum absolute atomic E-state index is 13.8. The lowest BCUT2D eigenvalue weighted by molar-refractivity contribution is -0.288. The molecule has 250 valence electrons. The first-order valence-corrected chi connectivity index (χ1v) is 14.8. The highest BCUT2D eigenvalue weighted by Gasteiger charge is 2.53. The number of benzene rings is 2. The third-order valence-corrected chi connectivity index (χ3v) is 7.48. The predicted octanol–water partition coefficient (Wildman–Crippen LogP) is 3.52. The van der Waals surface area contributed by atoms with Gasteiger partial charge in [0.15, 0.2) is 23.7 Å². The molecule has 2 aliphatic rings. The summed E-state index contributed by atoms with van der Waals surface area (Å²) in [5.74, 6) is -1.30. The van der Waals surface area contributed by atoms with E-state index in [-0.39, 0.29) is 28.9 Å². The number of ether oxygens (including phenoxy) is 8. The number of hydrogen-bond donors (Lipinski definition) is 0. The van der Waals surface area contributed by atoms with E-state index in [1.165, 1.54) is 13.0 Å². The molecule has 1 saturated heterocycles. The van der Waals surface area contributed by atoms with Gasteiger partial charge in [0, 0.05) is 33.8 Å². The maximum Gasteiger partial charge on any atom is 0.303 e. The summed E-state index contributed by atoms with van der Waals surface area (Å²) in [6, 6.07) is 8.35. The summed E-state index contributed by atoms with van der Waals surface area (Å²) in [6.07, 6.45) is -6.44. The Balaban J connectivity index is 1.56. The van der Waals surface area contributed by atoms with Crippen LogP contribution >= 0.6 is 0 Å². The minimum atomic E-state index is -1.46. The van der Waals surface area contributed by atoms with E-state index in [1.54, 1.807) is 31.2 Å². The van der Waals surface area contributed by atoms with E-state index in [4.69, 9.17) is 42.3 Å². The van der Waals surface area contributed by atoms with Gasteiger partial charge in [0.1, 0.15) is 29.8 Å². The van der Waals surface area contributed by atoms with Crippen LogP contribution < -0.4 is 19.6 Å². The van der Waals surface area contributed by atoms with E-state index in [1.807, 2.05) is 6.92 Å². The van der Waals surface area contributed by atoms with Crippen LogP contribution in [0.1, 0.15) is 45.9 Å². The molecule has 0 bridgehead atoms. The van der Waals surface area contributed by atoms with Gasteiger partial charge in [-0.2, -0.15) is 0 Å². The first kappa shape index (κ1) is 33.3. The Morgan fingerprint density at radius 2 is 1.49 bits per heavy atom. The SMILES string of the molecule is CCc1cc2c(=O)c(-c3ccc4c(c3)OCO4)c(C)oc2cc1O[C@@H]1O[C@@H](COC(C)=O)[C@@H](OC(C)=O)[C@H](OC(C)=O)[C@@H]1OC(C)=O. The van der Waals surface area contributed by atoms with Crippen molar-refractivity contribution < 1.29 is 61.5 Å². The lowest BCUT2D eigenvalue weighted by atomic mass is 9.97. The molecule has 47 heavy (non-hydrogen) atoms. The van der Waals surface area contributed by atoms with Crippen molar-refractivity contribution in [2.24, 2.45) is 0 Å². The fourth-order valence-electron chi connectivity index (χ4n) is 5.56. The second kappa shape index (κ2) is 13.7. The highest BCUT2D eigenvalue weighted by Crippen LogP contribution is 2.38. The number of rotatable bonds is 9. The number of fused-ring (bicyclic) bond motifs is 2. The van der Waals surface area contributed by atoms with Gasteiger partial charge >= 0.3 is 23.9 Å². The zero-order chi connectivity index (χ0) is 34.0. The lowest BCUT2D eigenvalue weighted by Gasteiger charge is -2.44. The lowest BCUT2D eigenvalue weighted by Crippen LogP contribution is -2.63. The molecule has 3 aromatic rings. The summed E-state index contributed by atoms with van der Waals surface area (Å²) >= 11 is 0. The van der Waals surface area contributed by atoms with Gasteiger partial charge in [-0.1, -0.05) is 13.0 Å². The van der Waals surface area contributed by atoms with E-state index < -0.39 is 61.2 Å². The summed E-state index contributed by atoms with van der Waals surface area (Å²) in [6.45, 7) is 7.76. The van der Waals surface area contributed by atoms with Crippen LogP contribution in [0.5, 0.6) is 17.2 Å². The zero-order valence-electron chi connectivity index (χ0n) is 26.6. The van der Waals surface area contributed by atoms with Gasteiger partial charge in [-0.15, -0.1) is 0 Å². The van der Waals surface area contributed by atoms with Crippen molar-refractivity contribution in [3.63, 3.8) is 0 Å². The summed E-state index contributed by atoms with van der Waals surface area (Å²) in [5.41, 5.74) is 1.44. The molecular weight excluding hydrogens is 620 g/mol. The van der Waals surface area contributed by atoms with Crippen molar-refractivity contribution in [2.45, 2.75) is 78.7 Å². The van der Waals surface area contributed by atoms with Gasteiger partial charge in [0.2, 0.25) is 24.6 Å². The number of hydrogen-bond acceptors (Lipinski definition) is 14. The van der Waals surface area contributed by atoms with E-state index in [2.05, 4.69) is 0 Å². The standard InChI is InChI=1S/C33H34O14/c1-7-20-10-22-25(42-15(2)28(29(22)38)21-8-9-23-26(11-21)41-14-40-23)12-24(20)46-33-32(45-19(6)37)31(44-18(5)36)30(43-17(4)35)27(47-33)13-39-16(3)34/h8-12,27,30-33H,7,13-14H2,1-6H3/t27-,30+,31-,32-,33+/m0/s1. The van der Waals surface area contributed by atoms with Gasteiger partial charge in [-0.05, 0) is 42.7 Å². The van der Waals surface area contributed by atoms with Gasteiger partial charge in [0.25, 0.3) is 0 Å². The molecule has 0 aliphatic carbocycles. The molecule has 0 spiro atoms. The fourth-order valence-corrected chi connectivity index (χ4v) is 5.56. The normalized spacial score (nSPS) is 21.5. The molecule has 1 aromatic heterocycles. The minimum absolute atomic E-state index is 0.0896. The van der Waals surface area contributed by atoms with Gasteiger partial charge in [-0.3, -0.25) is 24.0 Å². The summed E-state index contributed by atoms with van der Waals surface area (Å²) in [4.78, 5) is 62.0. The van der Waals surface area contributed by atoms with Crippen LogP contribution in [0.15, 0.2) is 39.5 Å². The van der Waals surface area contributed by atoms with Crippen LogP contribution in [0.3, 0.4) is 0 Å². The molecule has 0 unspecified atom stereocenters. The Bertz CT molecular complexity index is 1780. The van der Waals surface area contributed by atoms with E-state index in [0.29, 0.717) is 40.4 Å². The number of aryl methyl sites for hydroxylation is 2. The molecule has 5 rings (SSSR count). The molecule has 2 aromatic carbocycles. The van der Waals surface area contributed by atoms with Crippen LogP contribution in [0.2, 0.25) is 0 Å². The van der Waals surface area contributed by atoms with Crippen molar-refractivity contribution in [1.29, 1.82) is 0 Å². The molecule has 0 saturated carbocycles. The summed E-state index contributed by atoms with van der Waals surface area (Å²) < 4.78 is 50.9. The largest absolute Gasteiger partial charge is 0.463 e.